The summed E-state index contributed by atoms with van der Waals surface area (Å²) in [7, 11) is 3.46. The van der Waals surface area contributed by atoms with E-state index in [0.717, 1.165) is 92.3 Å². The summed E-state index contributed by atoms with van der Waals surface area (Å²) in [5, 5.41) is 0. The van der Waals surface area contributed by atoms with Crippen LogP contribution in [-0.2, 0) is 16.1 Å². The number of piperazine rings is 1. The summed E-state index contributed by atoms with van der Waals surface area (Å²) in [4.78, 5) is 23.0. The van der Waals surface area contributed by atoms with Crippen LogP contribution in [0.15, 0.2) is 66.9 Å². The lowest BCUT2D eigenvalue weighted by Gasteiger charge is -2.38. The van der Waals surface area contributed by atoms with Gasteiger partial charge in [-0.1, -0.05) is 48.4 Å². The van der Waals surface area contributed by atoms with Crippen LogP contribution in [-0.4, -0.2) is 71.6 Å². The van der Waals surface area contributed by atoms with Gasteiger partial charge >= 0.3 is 0 Å². The monoisotopic (exact) mass is 552 g/mol. The second-order valence-corrected chi connectivity index (χ2v) is 11.5. The molecule has 41 heavy (non-hydrogen) atoms. The third kappa shape index (κ3) is 5.88. The van der Waals surface area contributed by atoms with Crippen molar-refractivity contribution in [2.24, 2.45) is 5.92 Å². The highest BCUT2D eigenvalue weighted by molar-refractivity contribution is 5.79. The number of aryl methyl sites for hydroxylation is 1. The molecule has 2 atom stereocenters. The van der Waals surface area contributed by atoms with Crippen molar-refractivity contribution >= 4 is 11.6 Å². The van der Waals surface area contributed by atoms with E-state index in [1.165, 1.54) is 11.1 Å². The number of ether oxygens (including phenoxy) is 2. The Kier molecular flexibility index (Phi) is 8.08. The van der Waals surface area contributed by atoms with Gasteiger partial charge in [-0.15, -0.1) is 0 Å². The molecule has 0 radical (unpaired) electrons. The molecule has 4 aromatic rings. The topological polar surface area (TPSA) is 59.3 Å². The maximum Gasteiger partial charge on any atom is 0.225 e. The van der Waals surface area contributed by atoms with E-state index in [0.29, 0.717) is 5.91 Å². The van der Waals surface area contributed by atoms with E-state index in [9.17, 15) is 4.79 Å². The molecule has 2 aliphatic rings. The summed E-state index contributed by atoms with van der Waals surface area (Å²) in [6.07, 6.45) is 6.40. The molecule has 2 aromatic heterocycles. The molecule has 1 saturated carbocycles. The van der Waals surface area contributed by atoms with E-state index >= 15 is 0 Å². The smallest absolute Gasteiger partial charge is 0.225 e. The van der Waals surface area contributed by atoms with E-state index in [4.69, 9.17) is 14.5 Å². The van der Waals surface area contributed by atoms with Crippen molar-refractivity contribution in [3.05, 3.63) is 78.1 Å². The van der Waals surface area contributed by atoms with Gasteiger partial charge < -0.3 is 18.8 Å². The van der Waals surface area contributed by atoms with Crippen molar-refractivity contribution in [2.45, 2.75) is 45.3 Å². The predicted molar refractivity (Wildman–Crippen MR) is 162 cm³/mol. The molecule has 2 unspecified atom stereocenters. The van der Waals surface area contributed by atoms with E-state index in [2.05, 4.69) is 75.9 Å². The number of amides is 1. The Morgan fingerprint density at radius 1 is 0.927 bits per heavy atom. The van der Waals surface area contributed by atoms with E-state index < -0.39 is 0 Å². The zero-order chi connectivity index (χ0) is 28.3. The van der Waals surface area contributed by atoms with Gasteiger partial charge in [0.15, 0.2) is 0 Å². The molecular weight excluding hydrogens is 512 g/mol. The molecule has 1 saturated heterocycles. The Labute approximate surface area is 242 Å². The first-order chi connectivity index (χ1) is 20.0. The molecular formula is C34H40N4O3. The number of carbonyl (C=O) groups excluding carboxylic acids is 1. The molecule has 1 aliphatic heterocycles. The Hall–Kier alpha value is -3.68. The third-order valence-corrected chi connectivity index (χ3v) is 8.78. The summed E-state index contributed by atoms with van der Waals surface area (Å²) in [6.45, 7) is 6.07. The Bertz CT molecular complexity index is 1520. The standard InChI is InChI=1S/C34H40N4O3/c1-24-7-4-8-25(19-24)28-13-14-32-35-33(26-9-5-11-29(20-26)40-2)31(38(32)22-28)23-36-15-17-37(18-16-36)34(39)27-10-6-12-30(21-27)41-3/h4-5,7-9,11,13-14,19-20,22,27,30H,6,10,12,15-18,21,23H2,1-3H3. The number of pyridine rings is 1. The van der Waals surface area contributed by atoms with E-state index in [-0.39, 0.29) is 12.0 Å². The highest BCUT2D eigenvalue weighted by atomic mass is 16.5. The van der Waals surface area contributed by atoms with Crippen LogP contribution in [0.5, 0.6) is 5.75 Å². The molecule has 2 fully saturated rings. The number of fused-ring (bicyclic) bond motifs is 1. The number of hydrogen-bond acceptors (Lipinski definition) is 5. The fraction of sp³-hybridized carbons (Fsp3) is 0.412. The van der Waals surface area contributed by atoms with Gasteiger partial charge in [0.2, 0.25) is 5.91 Å². The zero-order valence-electron chi connectivity index (χ0n) is 24.4. The first-order valence-corrected chi connectivity index (χ1v) is 14.8. The number of carbonyl (C=O) groups is 1. The Morgan fingerprint density at radius 3 is 2.51 bits per heavy atom. The lowest BCUT2D eigenvalue weighted by Crippen LogP contribution is -2.50. The molecule has 1 amide bonds. The minimum absolute atomic E-state index is 0.0960. The molecule has 0 spiro atoms. The second kappa shape index (κ2) is 12.0. The van der Waals surface area contributed by atoms with Crippen LogP contribution in [0.4, 0.5) is 0 Å². The number of hydrogen-bond donors (Lipinski definition) is 0. The molecule has 214 valence electrons. The van der Waals surface area contributed by atoms with Gasteiger partial charge in [0.1, 0.15) is 11.4 Å². The minimum Gasteiger partial charge on any atom is -0.497 e. The minimum atomic E-state index is 0.0960. The number of nitrogens with zero attached hydrogens (tertiary/aromatic N) is 4. The van der Waals surface area contributed by atoms with Crippen LogP contribution < -0.4 is 4.74 Å². The molecule has 7 heteroatoms. The lowest BCUT2D eigenvalue weighted by atomic mass is 9.86. The third-order valence-electron chi connectivity index (χ3n) is 8.78. The normalized spacial score (nSPS) is 19.9. The van der Waals surface area contributed by atoms with Crippen molar-refractivity contribution < 1.29 is 14.3 Å². The summed E-state index contributed by atoms with van der Waals surface area (Å²) in [5.74, 6) is 1.22. The second-order valence-electron chi connectivity index (χ2n) is 11.5. The summed E-state index contributed by atoms with van der Waals surface area (Å²) >= 11 is 0. The van der Waals surface area contributed by atoms with E-state index in [1.807, 2.05) is 12.1 Å². The quantitative estimate of drug-likeness (QED) is 0.289. The van der Waals surface area contributed by atoms with Gasteiger partial charge in [0.25, 0.3) is 0 Å². The molecule has 6 rings (SSSR count). The first kappa shape index (κ1) is 27.5. The SMILES string of the molecule is COc1cccc(-c2nc3ccc(-c4cccc(C)c4)cn3c2CN2CCN(C(=O)C3CCCC(OC)C3)CC2)c1. The molecule has 3 heterocycles. The van der Waals surface area contributed by atoms with Crippen molar-refractivity contribution in [3.8, 4) is 28.1 Å². The van der Waals surface area contributed by atoms with Gasteiger partial charge in [0, 0.05) is 57.5 Å². The van der Waals surface area contributed by atoms with Crippen molar-refractivity contribution in [1.29, 1.82) is 0 Å². The maximum atomic E-state index is 13.3. The molecule has 2 aromatic carbocycles. The number of rotatable bonds is 7. The van der Waals surface area contributed by atoms with Gasteiger partial charge in [0.05, 0.1) is 24.6 Å². The lowest BCUT2D eigenvalue weighted by molar-refractivity contribution is -0.140. The van der Waals surface area contributed by atoms with Crippen LogP contribution in [0.3, 0.4) is 0 Å². The van der Waals surface area contributed by atoms with Crippen LogP contribution in [0.25, 0.3) is 28.0 Å². The van der Waals surface area contributed by atoms with Gasteiger partial charge in [-0.3, -0.25) is 9.69 Å². The first-order valence-electron chi connectivity index (χ1n) is 14.8. The van der Waals surface area contributed by atoms with Crippen LogP contribution in [0.2, 0.25) is 0 Å². The summed E-state index contributed by atoms with van der Waals surface area (Å²) in [6, 6.07) is 21.0. The predicted octanol–water partition coefficient (Wildman–Crippen LogP) is 5.83. The highest BCUT2D eigenvalue weighted by Gasteiger charge is 2.32. The van der Waals surface area contributed by atoms with Crippen LogP contribution in [0.1, 0.15) is 36.9 Å². The van der Waals surface area contributed by atoms with Gasteiger partial charge in [-0.25, -0.2) is 4.98 Å². The largest absolute Gasteiger partial charge is 0.497 e. The fourth-order valence-electron chi connectivity index (χ4n) is 6.42. The van der Waals surface area contributed by atoms with E-state index in [1.54, 1.807) is 14.2 Å². The average Bonchev–Trinajstić information content (AvgIpc) is 3.38. The summed E-state index contributed by atoms with van der Waals surface area (Å²) < 4.78 is 13.4. The van der Waals surface area contributed by atoms with Crippen LogP contribution >= 0.6 is 0 Å². The number of imidazole rings is 1. The number of benzene rings is 2. The van der Waals surface area contributed by atoms with Crippen molar-refractivity contribution in [2.75, 3.05) is 40.4 Å². The van der Waals surface area contributed by atoms with Crippen molar-refractivity contribution in [1.82, 2.24) is 19.2 Å². The van der Waals surface area contributed by atoms with Crippen molar-refractivity contribution in [3.63, 3.8) is 0 Å². The molecule has 0 N–H and O–H groups in total. The number of methoxy groups -OCH3 is 2. The van der Waals surface area contributed by atoms with Crippen LogP contribution in [0, 0.1) is 12.8 Å². The van der Waals surface area contributed by atoms with Gasteiger partial charge in [-0.2, -0.15) is 0 Å². The number of aromatic nitrogens is 2. The maximum absolute atomic E-state index is 13.3. The summed E-state index contributed by atoms with van der Waals surface area (Å²) in [5.41, 5.74) is 7.68. The molecule has 7 nitrogen and oxygen atoms in total. The molecule has 1 aliphatic carbocycles. The Balaban J connectivity index is 1.27. The Morgan fingerprint density at radius 2 is 1.73 bits per heavy atom. The highest BCUT2D eigenvalue weighted by Crippen LogP contribution is 2.31. The van der Waals surface area contributed by atoms with Gasteiger partial charge in [-0.05, 0) is 61.6 Å². The molecule has 0 bridgehead atoms. The fourth-order valence-corrected chi connectivity index (χ4v) is 6.42. The zero-order valence-corrected chi connectivity index (χ0v) is 24.4. The average molecular weight is 553 g/mol.